The molecule has 1 unspecified atom stereocenters. The number of aromatic nitrogens is 2. The molecule has 0 aliphatic carbocycles. The molecular weight excluding hydrogens is 346 g/mol. The summed E-state index contributed by atoms with van der Waals surface area (Å²) in [4.78, 5) is 4.11. The minimum absolute atomic E-state index is 0.0499. The van der Waals surface area contributed by atoms with Crippen LogP contribution in [0.25, 0.3) is 0 Å². The fraction of sp³-hybridized carbons (Fsp3) is 0.750. The molecule has 0 fully saturated rings. The molecule has 0 amide bonds. The molecular formula is C12H22BrN3O3S. The van der Waals surface area contributed by atoms with E-state index in [1.54, 1.807) is 20.4 Å². The molecule has 1 heterocycles. The van der Waals surface area contributed by atoms with Crippen LogP contribution in [0.1, 0.15) is 19.2 Å². The van der Waals surface area contributed by atoms with Crippen molar-refractivity contribution in [2.24, 2.45) is 0 Å². The van der Waals surface area contributed by atoms with Gasteiger partial charge in [0.05, 0.1) is 11.4 Å². The van der Waals surface area contributed by atoms with E-state index in [1.165, 1.54) is 4.31 Å². The van der Waals surface area contributed by atoms with Crippen molar-refractivity contribution in [1.82, 2.24) is 13.9 Å². The van der Waals surface area contributed by atoms with E-state index >= 15 is 0 Å². The number of ether oxygens (including phenoxy) is 1. The van der Waals surface area contributed by atoms with Gasteiger partial charge in [-0.1, -0.05) is 22.9 Å². The molecule has 0 aromatic carbocycles. The van der Waals surface area contributed by atoms with E-state index in [0.29, 0.717) is 19.0 Å². The monoisotopic (exact) mass is 367 g/mol. The fourth-order valence-electron chi connectivity index (χ4n) is 1.84. The number of aryl methyl sites for hydroxylation is 2. The summed E-state index contributed by atoms with van der Waals surface area (Å²) in [7, 11) is -0.426. The first-order valence-electron chi connectivity index (χ1n) is 6.46. The zero-order valence-corrected chi connectivity index (χ0v) is 14.7. The van der Waals surface area contributed by atoms with E-state index in [1.807, 2.05) is 18.4 Å². The van der Waals surface area contributed by atoms with Crippen LogP contribution >= 0.6 is 15.9 Å². The highest BCUT2D eigenvalue weighted by Gasteiger charge is 2.26. The quantitative estimate of drug-likeness (QED) is 0.655. The van der Waals surface area contributed by atoms with E-state index < -0.39 is 10.0 Å². The van der Waals surface area contributed by atoms with Gasteiger partial charge < -0.3 is 9.30 Å². The standard InChI is InChI=1S/C12H22BrN3O3S/c1-5-6-16-8-12(14-10(16)2)20(17,18)15(3)7-11(13)9-19-4/h8,11H,5-7,9H2,1-4H3. The van der Waals surface area contributed by atoms with E-state index in [9.17, 15) is 8.42 Å². The molecule has 0 saturated carbocycles. The lowest BCUT2D eigenvalue weighted by Crippen LogP contribution is -2.34. The van der Waals surface area contributed by atoms with Gasteiger partial charge >= 0.3 is 0 Å². The number of rotatable bonds is 8. The predicted octanol–water partition coefficient (Wildman–Crippen LogP) is 1.63. The van der Waals surface area contributed by atoms with Crippen LogP contribution in [-0.2, 0) is 21.3 Å². The Bertz CT molecular complexity index is 530. The normalized spacial score (nSPS) is 13.9. The van der Waals surface area contributed by atoms with Crippen molar-refractivity contribution in [3.05, 3.63) is 12.0 Å². The predicted molar refractivity (Wildman–Crippen MR) is 81.7 cm³/mol. The first kappa shape index (κ1) is 17.6. The highest BCUT2D eigenvalue weighted by molar-refractivity contribution is 9.09. The minimum Gasteiger partial charge on any atom is -0.383 e. The van der Waals surface area contributed by atoms with Crippen molar-refractivity contribution in [3.63, 3.8) is 0 Å². The molecule has 0 aliphatic rings. The molecule has 0 saturated heterocycles. The summed E-state index contributed by atoms with van der Waals surface area (Å²) in [6.07, 6.45) is 2.54. The number of hydrogen-bond donors (Lipinski definition) is 0. The van der Waals surface area contributed by atoms with Gasteiger partial charge in [-0.2, -0.15) is 4.31 Å². The first-order valence-corrected chi connectivity index (χ1v) is 8.81. The largest absolute Gasteiger partial charge is 0.383 e. The van der Waals surface area contributed by atoms with Crippen molar-refractivity contribution in [2.45, 2.75) is 36.7 Å². The Kier molecular flexibility index (Phi) is 6.63. The van der Waals surface area contributed by atoms with Gasteiger partial charge in [-0.15, -0.1) is 0 Å². The third-order valence-corrected chi connectivity index (χ3v) is 5.14. The Morgan fingerprint density at radius 1 is 1.55 bits per heavy atom. The van der Waals surface area contributed by atoms with Crippen LogP contribution in [0.15, 0.2) is 11.2 Å². The van der Waals surface area contributed by atoms with Crippen LogP contribution in [0.5, 0.6) is 0 Å². The highest BCUT2D eigenvalue weighted by atomic mass is 79.9. The number of imidazole rings is 1. The summed E-state index contributed by atoms with van der Waals surface area (Å²) in [6.45, 7) is 5.40. The van der Waals surface area contributed by atoms with Crippen LogP contribution in [0, 0.1) is 6.92 Å². The molecule has 1 rings (SSSR count). The van der Waals surface area contributed by atoms with Gasteiger partial charge in [0.25, 0.3) is 10.0 Å². The maximum atomic E-state index is 12.4. The van der Waals surface area contributed by atoms with Gasteiger partial charge in [0.15, 0.2) is 5.03 Å². The lowest BCUT2D eigenvalue weighted by Gasteiger charge is -2.18. The van der Waals surface area contributed by atoms with Crippen molar-refractivity contribution < 1.29 is 13.2 Å². The molecule has 0 aliphatic heterocycles. The summed E-state index contributed by atoms with van der Waals surface area (Å²) >= 11 is 3.39. The second-order valence-electron chi connectivity index (χ2n) is 4.66. The Labute approximate surface area is 129 Å². The molecule has 0 bridgehead atoms. The number of hydrogen-bond acceptors (Lipinski definition) is 4. The molecule has 1 aromatic heterocycles. The van der Waals surface area contributed by atoms with Crippen molar-refractivity contribution in [1.29, 1.82) is 0 Å². The van der Waals surface area contributed by atoms with Gasteiger partial charge in [-0.05, 0) is 13.3 Å². The smallest absolute Gasteiger partial charge is 0.261 e. The lowest BCUT2D eigenvalue weighted by molar-refractivity contribution is 0.195. The van der Waals surface area contributed by atoms with Crippen LogP contribution in [0.2, 0.25) is 0 Å². The SMILES string of the molecule is CCCn1cc(S(=O)(=O)N(C)CC(Br)COC)nc1C. The number of halogens is 1. The van der Waals surface area contributed by atoms with Gasteiger partial charge in [-0.3, -0.25) is 0 Å². The number of sulfonamides is 1. The van der Waals surface area contributed by atoms with Gasteiger partial charge in [0.1, 0.15) is 5.82 Å². The molecule has 1 aromatic rings. The number of methoxy groups -OCH3 is 1. The summed E-state index contributed by atoms with van der Waals surface area (Å²) in [5.74, 6) is 0.714. The highest BCUT2D eigenvalue weighted by Crippen LogP contribution is 2.16. The molecule has 0 radical (unpaired) electrons. The van der Waals surface area contributed by atoms with E-state index in [2.05, 4.69) is 20.9 Å². The Morgan fingerprint density at radius 2 is 2.20 bits per heavy atom. The molecule has 0 N–H and O–H groups in total. The molecule has 1 atom stereocenters. The van der Waals surface area contributed by atoms with Gasteiger partial charge in [0.2, 0.25) is 0 Å². The first-order chi connectivity index (χ1) is 9.32. The Balaban J connectivity index is 2.89. The van der Waals surface area contributed by atoms with E-state index in [-0.39, 0.29) is 9.85 Å². The Morgan fingerprint density at radius 3 is 2.75 bits per heavy atom. The number of nitrogens with zero attached hydrogens (tertiary/aromatic N) is 3. The fourth-order valence-corrected chi connectivity index (χ4v) is 3.93. The van der Waals surface area contributed by atoms with E-state index in [0.717, 1.165) is 13.0 Å². The topological polar surface area (TPSA) is 64.4 Å². The Hall–Kier alpha value is -0.440. The molecule has 6 nitrogen and oxygen atoms in total. The van der Waals surface area contributed by atoms with Crippen LogP contribution in [0.4, 0.5) is 0 Å². The maximum Gasteiger partial charge on any atom is 0.261 e. The van der Waals surface area contributed by atoms with Crippen molar-refractivity contribution in [2.75, 3.05) is 27.3 Å². The van der Waals surface area contributed by atoms with Crippen molar-refractivity contribution in [3.8, 4) is 0 Å². The second-order valence-corrected chi connectivity index (χ2v) is 7.94. The second kappa shape index (κ2) is 7.53. The minimum atomic E-state index is -3.56. The van der Waals surface area contributed by atoms with Crippen molar-refractivity contribution >= 4 is 26.0 Å². The van der Waals surface area contributed by atoms with E-state index in [4.69, 9.17) is 4.74 Å². The summed E-state index contributed by atoms with van der Waals surface area (Å²) in [5.41, 5.74) is 0. The summed E-state index contributed by atoms with van der Waals surface area (Å²) in [5, 5.41) is 0.100. The average molecular weight is 368 g/mol. The molecule has 0 spiro atoms. The third-order valence-electron chi connectivity index (χ3n) is 2.90. The van der Waals surface area contributed by atoms with Crippen LogP contribution in [0.3, 0.4) is 0 Å². The molecule has 20 heavy (non-hydrogen) atoms. The van der Waals surface area contributed by atoms with Gasteiger partial charge in [-0.25, -0.2) is 13.4 Å². The van der Waals surface area contributed by atoms with Crippen LogP contribution in [-0.4, -0.2) is 54.4 Å². The van der Waals surface area contributed by atoms with Crippen LogP contribution < -0.4 is 0 Å². The molecule has 8 heteroatoms. The van der Waals surface area contributed by atoms with Gasteiger partial charge in [0, 0.05) is 33.4 Å². The third kappa shape index (κ3) is 4.28. The zero-order valence-electron chi connectivity index (χ0n) is 12.3. The summed E-state index contributed by atoms with van der Waals surface area (Å²) < 4.78 is 33.0. The maximum absolute atomic E-state index is 12.4. The zero-order chi connectivity index (χ0) is 15.3. The summed E-state index contributed by atoms with van der Waals surface area (Å²) in [6, 6.07) is 0. The number of alkyl halides is 1. The molecule has 116 valence electrons. The average Bonchev–Trinajstić information content (AvgIpc) is 2.72. The lowest BCUT2D eigenvalue weighted by atomic mass is 10.4.